The Morgan fingerprint density at radius 2 is 2.05 bits per heavy atom. The molecule has 22 heavy (non-hydrogen) atoms. The van der Waals surface area contributed by atoms with Crippen LogP contribution in [-0.2, 0) is 6.54 Å². The average molecular weight is 305 g/mol. The van der Waals surface area contributed by atoms with Crippen molar-refractivity contribution < 1.29 is 14.3 Å². The monoisotopic (exact) mass is 305 g/mol. The third kappa shape index (κ3) is 3.93. The zero-order valence-corrected chi connectivity index (χ0v) is 12.6. The lowest BCUT2D eigenvalue weighted by molar-refractivity contribution is 0.0822. The second-order valence-electron chi connectivity index (χ2n) is 5.27. The first kappa shape index (κ1) is 16.2. The van der Waals surface area contributed by atoms with E-state index in [-0.39, 0.29) is 18.0 Å². The largest absolute Gasteiger partial charge is 0.387 e. The molecule has 6 heteroatoms. The molecule has 1 unspecified atom stereocenters. The van der Waals surface area contributed by atoms with Gasteiger partial charge < -0.3 is 20.3 Å². The number of hydrogen-bond acceptors (Lipinski definition) is 3. The summed E-state index contributed by atoms with van der Waals surface area (Å²) in [6.07, 6.45) is -0.918. The quantitative estimate of drug-likeness (QED) is 0.760. The number of rotatable bonds is 6. The van der Waals surface area contributed by atoms with Gasteiger partial charge in [-0.15, -0.1) is 0 Å². The number of H-pyrrole nitrogens is 1. The van der Waals surface area contributed by atoms with Crippen molar-refractivity contribution in [1.82, 2.24) is 15.2 Å². The van der Waals surface area contributed by atoms with Crippen molar-refractivity contribution in [1.29, 1.82) is 0 Å². The molecule has 3 N–H and O–H groups in total. The summed E-state index contributed by atoms with van der Waals surface area (Å²) in [4.78, 5) is 16.3. The highest BCUT2D eigenvalue weighted by Crippen LogP contribution is 2.15. The summed E-state index contributed by atoms with van der Waals surface area (Å²) in [6.45, 7) is 0.670. The maximum atomic E-state index is 13.5. The van der Waals surface area contributed by atoms with E-state index in [9.17, 15) is 14.3 Å². The summed E-state index contributed by atoms with van der Waals surface area (Å²) >= 11 is 0. The highest BCUT2D eigenvalue weighted by atomic mass is 19.1. The molecule has 0 bridgehead atoms. The number of aliphatic hydroxyl groups excluding tert-OH is 1. The first-order valence-electron chi connectivity index (χ1n) is 7.01. The van der Waals surface area contributed by atoms with Gasteiger partial charge in [0.15, 0.2) is 0 Å². The maximum Gasteiger partial charge on any atom is 0.269 e. The maximum absolute atomic E-state index is 13.5. The molecule has 0 saturated carbocycles. The van der Waals surface area contributed by atoms with Crippen LogP contribution in [0.2, 0.25) is 0 Å². The smallest absolute Gasteiger partial charge is 0.269 e. The van der Waals surface area contributed by atoms with Crippen LogP contribution in [-0.4, -0.2) is 41.5 Å². The lowest BCUT2D eigenvalue weighted by atomic mass is 10.1. The van der Waals surface area contributed by atoms with Gasteiger partial charge >= 0.3 is 0 Å². The van der Waals surface area contributed by atoms with Crippen LogP contribution in [0.3, 0.4) is 0 Å². The lowest BCUT2D eigenvalue weighted by Crippen LogP contribution is -2.23. The van der Waals surface area contributed by atoms with Gasteiger partial charge in [-0.05, 0) is 18.2 Å². The highest BCUT2D eigenvalue weighted by molar-refractivity contribution is 5.92. The van der Waals surface area contributed by atoms with Crippen LogP contribution < -0.4 is 5.32 Å². The van der Waals surface area contributed by atoms with Gasteiger partial charge in [0.1, 0.15) is 11.5 Å². The van der Waals surface area contributed by atoms with Crippen molar-refractivity contribution in [3.05, 3.63) is 59.2 Å². The van der Waals surface area contributed by atoms with Crippen molar-refractivity contribution in [2.45, 2.75) is 12.6 Å². The van der Waals surface area contributed by atoms with Gasteiger partial charge in [0, 0.05) is 38.4 Å². The number of benzene rings is 1. The third-order valence-corrected chi connectivity index (χ3v) is 3.30. The number of hydrogen-bond donors (Lipinski definition) is 3. The molecule has 0 aliphatic rings. The Labute approximate surface area is 128 Å². The molecule has 0 aliphatic heterocycles. The minimum absolute atomic E-state index is 0.0994. The standard InChI is InChI=1S/C16H20FN3O2/c1-20(2)16(22)14-8-7-11(19-14)9-18-10-15(21)12-5-3-4-6-13(12)17/h3-8,15,18-19,21H,9-10H2,1-2H3. The number of aliphatic hydroxyl groups is 1. The van der Waals surface area contributed by atoms with Crippen LogP contribution >= 0.6 is 0 Å². The lowest BCUT2D eigenvalue weighted by Gasteiger charge is -2.12. The summed E-state index contributed by atoms with van der Waals surface area (Å²) < 4.78 is 13.5. The summed E-state index contributed by atoms with van der Waals surface area (Å²) in [5, 5.41) is 13.0. The normalized spacial score (nSPS) is 12.2. The van der Waals surface area contributed by atoms with Crippen molar-refractivity contribution >= 4 is 5.91 Å². The number of nitrogens with one attached hydrogen (secondary N) is 2. The molecule has 5 nitrogen and oxygen atoms in total. The Hall–Kier alpha value is -2.18. The van der Waals surface area contributed by atoms with E-state index in [0.29, 0.717) is 12.2 Å². The molecule has 1 aromatic heterocycles. The minimum atomic E-state index is -0.918. The Bertz CT molecular complexity index is 640. The van der Waals surface area contributed by atoms with Crippen LogP contribution in [0.5, 0.6) is 0 Å². The molecule has 0 saturated heterocycles. The number of carbonyl (C=O) groups excluding carboxylic acids is 1. The van der Waals surface area contributed by atoms with E-state index in [0.717, 1.165) is 5.69 Å². The SMILES string of the molecule is CN(C)C(=O)c1ccc(CNCC(O)c2ccccc2F)[nH]1. The van der Waals surface area contributed by atoms with Gasteiger partial charge in [0.05, 0.1) is 6.10 Å². The number of amides is 1. The molecule has 1 atom stereocenters. The van der Waals surface area contributed by atoms with Gasteiger partial charge in [-0.3, -0.25) is 4.79 Å². The van der Waals surface area contributed by atoms with Crippen LogP contribution in [0.15, 0.2) is 36.4 Å². The second-order valence-corrected chi connectivity index (χ2v) is 5.27. The van der Waals surface area contributed by atoms with E-state index in [4.69, 9.17) is 0 Å². The van der Waals surface area contributed by atoms with Crippen LogP contribution in [0.4, 0.5) is 4.39 Å². The highest BCUT2D eigenvalue weighted by Gasteiger charge is 2.13. The van der Waals surface area contributed by atoms with Crippen molar-refractivity contribution in [3.63, 3.8) is 0 Å². The number of nitrogens with zero attached hydrogens (tertiary/aromatic N) is 1. The van der Waals surface area contributed by atoms with Gasteiger partial charge in [0.25, 0.3) is 5.91 Å². The van der Waals surface area contributed by atoms with Crippen LogP contribution in [0, 0.1) is 5.82 Å². The summed E-state index contributed by atoms with van der Waals surface area (Å²) in [6, 6.07) is 9.67. The number of halogens is 1. The Morgan fingerprint density at radius 1 is 1.32 bits per heavy atom. The van der Waals surface area contributed by atoms with E-state index in [1.807, 2.05) is 0 Å². The van der Waals surface area contributed by atoms with E-state index in [2.05, 4.69) is 10.3 Å². The summed E-state index contributed by atoms with van der Waals surface area (Å²) in [7, 11) is 3.37. The topological polar surface area (TPSA) is 68.4 Å². The van der Waals surface area contributed by atoms with Crippen molar-refractivity contribution in [3.8, 4) is 0 Å². The minimum Gasteiger partial charge on any atom is -0.387 e. The van der Waals surface area contributed by atoms with E-state index >= 15 is 0 Å². The van der Waals surface area contributed by atoms with Gasteiger partial charge in [0.2, 0.25) is 0 Å². The number of aromatic amines is 1. The van der Waals surface area contributed by atoms with Crippen LogP contribution in [0.1, 0.15) is 27.8 Å². The fourth-order valence-corrected chi connectivity index (χ4v) is 2.11. The second kappa shape index (κ2) is 7.20. The molecular weight excluding hydrogens is 285 g/mol. The third-order valence-electron chi connectivity index (χ3n) is 3.30. The van der Waals surface area contributed by atoms with Gasteiger partial charge in [-0.1, -0.05) is 18.2 Å². The molecule has 1 amide bonds. The fraction of sp³-hybridized carbons (Fsp3) is 0.312. The van der Waals surface area contributed by atoms with E-state index in [1.165, 1.54) is 11.0 Å². The molecule has 0 radical (unpaired) electrons. The Morgan fingerprint density at radius 3 is 2.73 bits per heavy atom. The molecule has 1 heterocycles. The average Bonchev–Trinajstić information content (AvgIpc) is 2.95. The van der Waals surface area contributed by atoms with E-state index in [1.54, 1.807) is 44.4 Å². The van der Waals surface area contributed by atoms with Crippen molar-refractivity contribution in [2.75, 3.05) is 20.6 Å². The molecule has 1 aromatic carbocycles. The number of carbonyl (C=O) groups is 1. The first-order chi connectivity index (χ1) is 10.5. The summed E-state index contributed by atoms with van der Waals surface area (Å²) in [5.41, 5.74) is 1.60. The zero-order valence-electron chi connectivity index (χ0n) is 12.6. The van der Waals surface area contributed by atoms with Gasteiger partial charge in [-0.2, -0.15) is 0 Å². The summed E-state index contributed by atoms with van der Waals surface area (Å²) in [5.74, 6) is -0.520. The zero-order chi connectivity index (χ0) is 16.1. The Kier molecular flexibility index (Phi) is 5.30. The molecule has 2 rings (SSSR count). The molecule has 118 valence electrons. The molecular formula is C16H20FN3O2. The molecule has 0 spiro atoms. The predicted molar refractivity (Wildman–Crippen MR) is 81.9 cm³/mol. The van der Waals surface area contributed by atoms with Crippen LogP contribution in [0.25, 0.3) is 0 Å². The van der Waals surface area contributed by atoms with Crippen molar-refractivity contribution in [2.24, 2.45) is 0 Å². The molecule has 2 aromatic rings. The fourth-order valence-electron chi connectivity index (χ4n) is 2.11. The first-order valence-corrected chi connectivity index (χ1v) is 7.01. The molecule has 0 aliphatic carbocycles. The predicted octanol–water partition coefficient (Wildman–Crippen LogP) is 1.68. The van der Waals surface area contributed by atoms with E-state index < -0.39 is 11.9 Å². The Balaban J connectivity index is 1.87. The van der Waals surface area contributed by atoms with Gasteiger partial charge in [-0.25, -0.2) is 4.39 Å². The number of aromatic nitrogens is 1. The molecule has 0 fully saturated rings.